The molecule has 0 aliphatic carbocycles. The molecular formula is C7H11ClN4OS. The van der Waals surface area contributed by atoms with Crippen LogP contribution >= 0.6 is 23.3 Å². The van der Waals surface area contributed by atoms with Crippen molar-refractivity contribution in [1.29, 1.82) is 0 Å². The molecule has 0 aliphatic rings. The fraction of sp³-hybridized carbons (Fsp3) is 0.571. The second-order valence-corrected chi connectivity index (χ2v) is 3.49. The Morgan fingerprint density at radius 3 is 2.93 bits per heavy atom. The lowest BCUT2D eigenvalue weighted by Crippen LogP contribution is -2.30. The van der Waals surface area contributed by atoms with Gasteiger partial charge in [0.25, 0.3) is 0 Å². The average Bonchev–Trinajstić information content (AvgIpc) is 2.58. The maximum absolute atomic E-state index is 11.1. The van der Waals surface area contributed by atoms with Crippen molar-refractivity contribution in [1.82, 2.24) is 14.1 Å². The molecule has 5 nitrogen and oxygen atoms in total. The third kappa shape index (κ3) is 3.47. The zero-order valence-corrected chi connectivity index (χ0v) is 9.28. The number of carbonyl (C=O) groups is 1. The minimum atomic E-state index is -0.0732. The number of carbonyl (C=O) groups excluding carboxylic acids is 1. The zero-order valence-electron chi connectivity index (χ0n) is 7.71. The quantitative estimate of drug-likeness (QED) is 0.802. The molecule has 0 radical (unpaired) electrons. The van der Waals surface area contributed by atoms with Crippen molar-refractivity contribution in [2.45, 2.75) is 13.3 Å². The Morgan fingerprint density at radius 2 is 2.36 bits per heavy atom. The van der Waals surface area contributed by atoms with Gasteiger partial charge in [0.05, 0.1) is 18.3 Å². The Kier molecular flexibility index (Phi) is 4.61. The lowest BCUT2D eigenvalue weighted by atomic mass is 10.4. The third-order valence-corrected chi connectivity index (χ3v) is 2.33. The number of aromatic nitrogens is 2. The molecule has 78 valence electrons. The highest BCUT2D eigenvalue weighted by Gasteiger charge is 2.06. The highest BCUT2D eigenvalue weighted by Crippen LogP contribution is 2.16. The Balaban J connectivity index is 2.27. The summed E-state index contributed by atoms with van der Waals surface area (Å²) in [6, 6.07) is 0. The molecular weight excluding hydrogens is 224 g/mol. The molecule has 0 atom stereocenters. The SMILES string of the molecule is CCCNC(=O)CNc1nsnc1Cl. The van der Waals surface area contributed by atoms with Gasteiger partial charge in [-0.3, -0.25) is 4.79 Å². The van der Waals surface area contributed by atoms with E-state index in [1.165, 1.54) is 0 Å². The highest BCUT2D eigenvalue weighted by molar-refractivity contribution is 6.99. The van der Waals surface area contributed by atoms with Gasteiger partial charge >= 0.3 is 0 Å². The molecule has 0 spiro atoms. The number of nitrogens with zero attached hydrogens (tertiary/aromatic N) is 2. The molecule has 0 fully saturated rings. The van der Waals surface area contributed by atoms with E-state index in [2.05, 4.69) is 19.4 Å². The van der Waals surface area contributed by atoms with Gasteiger partial charge in [0.15, 0.2) is 11.0 Å². The minimum absolute atomic E-state index is 0.0732. The summed E-state index contributed by atoms with van der Waals surface area (Å²) in [7, 11) is 0. The molecule has 1 amide bonds. The number of rotatable bonds is 5. The van der Waals surface area contributed by atoms with Crippen molar-refractivity contribution in [3.8, 4) is 0 Å². The first-order valence-corrected chi connectivity index (χ1v) is 5.33. The minimum Gasteiger partial charge on any atom is -0.358 e. The third-order valence-electron chi connectivity index (χ3n) is 1.44. The molecule has 0 aromatic carbocycles. The molecule has 1 aromatic rings. The van der Waals surface area contributed by atoms with Crippen molar-refractivity contribution in [3.63, 3.8) is 0 Å². The second-order valence-electron chi connectivity index (χ2n) is 2.61. The molecule has 0 saturated heterocycles. The lowest BCUT2D eigenvalue weighted by Gasteiger charge is -2.03. The standard InChI is InChI=1S/C7H11ClN4OS/c1-2-3-9-5(13)4-10-7-6(8)11-14-12-7/h2-4H2,1H3,(H,9,13)(H,10,12). The van der Waals surface area contributed by atoms with Crippen molar-refractivity contribution in [3.05, 3.63) is 5.15 Å². The van der Waals surface area contributed by atoms with Crippen LogP contribution in [-0.2, 0) is 4.79 Å². The van der Waals surface area contributed by atoms with Crippen molar-refractivity contribution >= 4 is 35.1 Å². The van der Waals surface area contributed by atoms with Gasteiger partial charge < -0.3 is 10.6 Å². The Morgan fingerprint density at radius 1 is 1.57 bits per heavy atom. The van der Waals surface area contributed by atoms with Gasteiger partial charge in [-0.05, 0) is 6.42 Å². The molecule has 0 unspecified atom stereocenters. The van der Waals surface area contributed by atoms with E-state index in [0.29, 0.717) is 17.5 Å². The summed E-state index contributed by atoms with van der Waals surface area (Å²) in [6.07, 6.45) is 0.921. The fourth-order valence-corrected chi connectivity index (χ4v) is 1.46. The van der Waals surface area contributed by atoms with E-state index in [4.69, 9.17) is 11.6 Å². The van der Waals surface area contributed by atoms with Crippen LogP contribution in [0.4, 0.5) is 5.82 Å². The molecule has 0 aliphatic heterocycles. The molecule has 0 bridgehead atoms. The summed E-state index contributed by atoms with van der Waals surface area (Å²) in [4.78, 5) is 11.1. The van der Waals surface area contributed by atoms with Gasteiger partial charge in [-0.15, -0.1) is 0 Å². The molecule has 1 heterocycles. The zero-order chi connectivity index (χ0) is 10.4. The number of nitrogens with one attached hydrogen (secondary N) is 2. The summed E-state index contributed by atoms with van der Waals surface area (Å²) < 4.78 is 7.63. The van der Waals surface area contributed by atoms with Crippen molar-refractivity contribution in [2.24, 2.45) is 0 Å². The average molecular weight is 235 g/mol. The first-order valence-electron chi connectivity index (χ1n) is 4.22. The van der Waals surface area contributed by atoms with Crippen LogP contribution in [0.25, 0.3) is 0 Å². The second kappa shape index (κ2) is 5.77. The van der Waals surface area contributed by atoms with Gasteiger partial charge in [-0.2, -0.15) is 8.75 Å². The predicted molar refractivity (Wildman–Crippen MR) is 56.7 cm³/mol. The summed E-state index contributed by atoms with van der Waals surface area (Å²) >= 11 is 6.68. The first-order chi connectivity index (χ1) is 6.74. The van der Waals surface area contributed by atoms with Crippen molar-refractivity contribution < 1.29 is 4.79 Å². The Bertz CT molecular complexity index is 304. The Labute approximate surface area is 91.2 Å². The molecule has 14 heavy (non-hydrogen) atoms. The van der Waals surface area contributed by atoms with Crippen LogP contribution in [-0.4, -0.2) is 27.7 Å². The number of hydrogen-bond acceptors (Lipinski definition) is 5. The van der Waals surface area contributed by atoms with Crippen LogP contribution in [0.5, 0.6) is 0 Å². The fourth-order valence-electron chi connectivity index (χ4n) is 0.774. The largest absolute Gasteiger partial charge is 0.358 e. The van der Waals surface area contributed by atoms with E-state index in [-0.39, 0.29) is 12.5 Å². The topological polar surface area (TPSA) is 66.9 Å². The Hall–Kier alpha value is -0.880. The number of hydrogen-bond donors (Lipinski definition) is 2. The molecule has 7 heteroatoms. The van der Waals surface area contributed by atoms with Gasteiger partial charge in [0.2, 0.25) is 5.91 Å². The number of anilines is 1. The van der Waals surface area contributed by atoms with Gasteiger partial charge in [-0.1, -0.05) is 18.5 Å². The smallest absolute Gasteiger partial charge is 0.239 e. The number of amides is 1. The summed E-state index contributed by atoms with van der Waals surface area (Å²) in [5.41, 5.74) is 0. The van der Waals surface area contributed by atoms with Gasteiger partial charge in [0, 0.05) is 6.54 Å². The first kappa shape index (κ1) is 11.2. The van der Waals surface area contributed by atoms with Gasteiger partial charge in [-0.25, -0.2) is 0 Å². The van der Waals surface area contributed by atoms with Crippen LogP contribution in [0.15, 0.2) is 0 Å². The highest BCUT2D eigenvalue weighted by atomic mass is 35.5. The molecule has 1 aromatic heterocycles. The number of halogens is 1. The summed E-state index contributed by atoms with van der Waals surface area (Å²) in [5.74, 6) is 0.388. The van der Waals surface area contributed by atoms with E-state index < -0.39 is 0 Å². The van der Waals surface area contributed by atoms with Crippen LogP contribution in [0.2, 0.25) is 5.15 Å². The van der Waals surface area contributed by atoms with E-state index in [0.717, 1.165) is 18.1 Å². The van der Waals surface area contributed by atoms with Crippen molar-refractivity contribution in [2.75, 3.05) is 18.4 Å². The lowest BCUT2D eigenvalue weighted by molar-refractivity contribution is -0.119. The summed E-state index contributed by atoms with van der Waals surface area (Å²) in [5, 5.41) is 5.82. The maximum atomic E-state index is 11.1. The normalized spacial score (nSPS) is 9.86. The van der Waals surface area contributed by atoms with Crippen LogP contribution in [0, 0.1) is 0 Å². The van der Waals surface area contributed by atoms with Crippen LogP contribution in [0.3, 0.4) is 0 Å². The predicted octanol–water partition coefficient (Wildman–Crippen LogP) is 1.13. The maximum Gasteiger partial charge on any atom is 0.239 e. The van der Waals surface area contributed by atoms with E-state index >= 15 is 0 Å². The summed E-state index contributed by atoms with van der Waals surface area (Å²) in [6.45, 7) is 2.85. The molecule has 2 N–H and O–H groups in total. The molecule has 1 rings (SSSR count). The molecule has 0 saturated carbocycles. The van der Waals surface area contributed by atoms with E-state index in [9.17, 15) is 4.79 Å². The van der Waals surface area contributed by atoms with E-state index in [1.54, 1.807) is 0 Å². The van der Waals surface area contributed by atoms with Crippen LogP contribution < -0.4 is 10.6 Å². The van der Waals surface area contributed by atoms with Gasteiger partial charge in [0.1, 0.15) is 0 Å². The van der Waals surface area contributed by atoms with E-state index in [1.807, 2.05) is 6.92 Å². The van der Waals surface area contributed by atoms with Crippen LogP contribution in [0.1, 0.15) is 13.3 Å². The monoisotopic (exact) mass is 234 g/mol.